The third-order valence-electron chi connectivity index (χ3n) is 2.44. The van der Waals surface area contributed by atoms with Gasteiger partial charge in [0.2, 0.25) is 0 Å². The lowest BCUT2D eigenvalue weighted by molar-refractivity contribution is 0.577. The van der Waals surface area contributed by atoms with Gasteiger partial charge in [-0.1, -0.05) is 5.92 Å². The average Bonchev–Trinajstić information content (AvgIpc) is 2.82. The van der Waals surface area contributed by atoms with Gasteiger partial charge in [-0.15, -0.1) is 6.42 Å². The number of terminal acetylenes is 1. The molecule has 0 unspecified atom stereocenters. The molecule has 1 aliphatic carbocycles. The molecule has 0 nitrogen and oxygen atoms in total. The lowest BCUT2D eigenvalue weighted by Gasteiger charge is -2.07. The Hall–Kier alpha value is -1.36. The smallest absolute Gasteiger partial charge is 0.126 e. The average molecular weight is 178 g/mol. The second kappa shape index (κ2) is 2.56. The molecule has 2 rings (SSSR count). The first-order valence-electron chi connectivity index (χ1n) is 4.11. The van der Waals surface area contributed by atoms with E-state index in [1.165, 1.54) is 12.1 Å². The first-order valence-corrected chi connectivity index (χ1v) is 4.11. The molecule has 0 aliphatic heterocycles. The van der Waals surface area contributed by atoms with Gasteiger partial charge in [0.25, 0.3) is 0 Å². The minimum atomic E-state index is -0.559. The molecule has 1 aromatic carbocycles. The third-order valence-corrected chi connectivity index (χ3v) is 2.44. The maximum absolute atomic E-state index is 12.8. The van der Waals surface area contributed by atoms with Crippen molar-refractivity contribution in [1.82, 2.24) is 0 Å². The van der Waals surface area contributed by atoms with E-state index in [-0.39, 0.29) is 5.41 Å². The molecule has 1 aromatic rings. The summed E-state index contributed by atoms with van der Waals surface area (Å²) in [5.41, 5.74) is 0.204. The Balaban J connectivity index is 2.48. The van der Waals surface area contributed by atoms with Crippen molar-refractivity contribution in [2.45, 2.75) is 18.3 Å². The summed E-state index contributed by atoms with van der Waals surface area (Å²) in [6, 6.07) is 3.49. The van der Waals surface area contributed by atoms with Crippen molar-refractivity contribution in [2.75, 3.05) is 0 Å². The fourth-order valence-electron chi connectivity index (χ4n) is 1.47. The van der Waals surface area contributed by atoms with Gasteiger partial charge in [0, 0.05) is 6.07 Å². The zero-order valence-corrected chi connectivity index (χ0v) is 6.98. The van der Waals surface area contributed by atoms with Crippen molar-refractivity contribution in [2.24, 2.45) is 0 Å². The fourth-order valence-corrected chi connectivity index (χ4v) is 1.47. The molecule has 0 heterocycles. The van der Waals surface area contributed by atoms with Crippen molar-refractivity contribution >= 4 is 0 Å². The van der Waals surface area contributed by atoms with E-state index in [2.05, 4.69) is 5.92 Å². The summed E-state index contributed by atoms with van der Waals surface area (Å²) < 4.78 is 25.6. The van der Waals surface area contributed by atoms with Crippen LogP contribution < -0.4 is 0 Å². The van der Waals surface area contributed by atoms with Crippen LogP contribution in [-0.4, -0.2) is 0 Å². The van der Waals surface area contributed by atoms with E-state index in [0.717, 1.165) is 18.9 Å². The highest BCUT2D eigenvalue weighted by Crippen LogP contribution is 2.47. The summed E-state index contributed by atoms with van der Waals surface area (Å²) in [5.74, 6) is 1.47. The van der Waals surface area contributed by atoms with Gasteiger partial charge in [-0.3, -0.25) is 0 Å². The van der Waals surface area contributed by atoms with Gasteiger partial charge in [0.15, 0.2) is 0 Å². The quantitative estimate of drug-likeness (QED) is 0.580. The summed E-state index contributed by atoms with van der Waals surface area (Å²) >= 11 is 0. The van der Waals surface area contributed by atoms with Gasteiger partial charge in [-0.05, 0) is 30.5 Å². The van der Waals surface area contributed by atoms with Crippen LogP contribution in [0.1, 0.15) is 18.4 Å². The summed E-state index contributed by atoms with van der Waals surface area (Å²) in [4.78, 5) is 0. The van der Waals surface area contributed by atoms with Crippen LogP contribution in [0.3, 0.4) is 0 Å². The van der Waals surface area contributed by atoms with Gasteiger partial charge in [0.1, 0.15) is 11.6 Å². The van der Waals surface area contributed by atoms with E-state index < -0.39 is 11.6 Å². The molecule has 66 valence electrons. The molecule has 13 heavy (non-hydrogen) atoms. The van der Waals surface area contributed by atoms with Crippen LogP contribution >= 0.6 is 0 Å². The SMILES string of the molecule is C#CC1(c2cc(F)cc(F)c2)CC1. The number of hydrogen-bond acceptors (Lipinski definition) is 0. The summed E-state index contributed by atoms with van der Waals surface area (Å²) in [6.07, 6.45) is 6.96. The molecule has 0 spiro atoms. The second-order valence-electron chi connectivity index (χ2n) is 3.38. The highest BCUT2D eigenvalue weighted by molar-refractivity contribution is 5.40. The van der Waals surface area contributed by atoms with E-state index >= 15 is 0 Å². The van der Waals surface area contributed by atoms with Gasteiger partial charge in [-0.25, -0.2) is 8.78 Å². The van der Waals surface area contributed by atoms with Crippen LogP contribution in [0, 0.1) is 24.0 Å². The van der Waals surface area contributed by atoms with Crippen LogP contribution in [0.2, 0.25) is 0 Å². The largest absolute Gasteiger partial charge is 0.207 e. The molecule has 0 aromatic heterocycles. The topological polar surface area (TPSA) is 0 Å². The van der Waals surface area contributed by atoms with Gasteiger partial charge in [0.05, 0.1) is 5.41 Å². The lowest BCUT2D eigenvalue weighted by Crippen LogP contribution is -2.03. The molecular formula is C11H8F2. The van der Waals surface area contributed by atoms with Crippen LogP contribution in [0.25, 0.3) is 0 Å². The van der Waals surface area contributed by atoms with Crippen LogP contribution in [-0.2, 0) is 5.41 Å². The van der Waals surface area contributed by atoms with Gasteiger partial charge < -0.3 is 0 Å². The molecule has 1 aliphatic rings. The summed E-state index contributed by atoms with van der Waals surface area (Å²) in [5, 5.41) is 0. The van der Waals surface area contributed by atoms with Crippen molar-refractivity contribution < 1.29 is 8.78 Å². The monoisotopic (exact) mass is 178 g/mol. The third kappa shape index (κ3) is 1.31. The summed E-state index contributed by atoms with van der Waals surface area (Å²) in [6.45, 7) is 0. The minimum absolute atomic E-state index is 0.386. The van der Waals surface area contributed by atoms with E-state index in [9.17, 15) is 8.78 Å². The predicted molar refractivity (Wildman–Crippen MR) is 46.1 cm³/mol. The van der Waals surface area contributed by atoms with E-state index in [4.69, 9.17) is 6.42 Å². The molecule has 1 fully saturated rings. The molecule has 0 saturated heterocycles. The highest BCUT2D eigenvalue weighted by atomic mass is 19.1. The molecule has 1 saturated carbocycles. The Kier molecular flexibility index (Phi) is 1.63. The van der Waals surface area contributed by atoms with Crippen molar-refractivity contribution in [3.63, 3.8) is 0 Å². The zero-order valence-electron chi connectivity index (χ0n) is 6.98. The second-order valence-corrected chi connectivity index (χ2v) is 3.38. The normalized spacial score (nSPS) is 17.9. The summed E-state index contributed by atoms with van der Waals surface area (Å²) in [7, 11) is 0. The molecule has 0 radical (unpaired) electrons. The molecule has 0 amide bonds. The Labute approximate surface area is 75.6 Å². The number of hydrogen-bond donors (Lipinski definition) is 0. The number of benzene rings is 1. The Morgan fingerprint density at radius 1 is 1.15 bits per heavy atom. The molecule has 2 heteroatoms. The van der Waals surface area contributed by atoms with Gasteiger partial charge >= 0.3 is 0 Å². The first kappa shape index (κ1) is 8.25. The van der Waals surface area contributed by atoms with Crippen LogP contribution in [0.15, 0.2) is 18.2 Å². The van der Waals surface area contributed by atoms with E-state index in [1.807, 2.05) is 0 Å². The number of halogens is 2. The van der Waals surface area contributed by atoms with Crippen molar-refractivity contribution in [3.05, 3.63) is 35.4 Å². The Morgan fingerprint density at radius 3 is 2.08 bits per heavy atom. The maximum Gasteiger partial charge on any atom is 0.126 e. The van der Waals surface area contributed by atoms with Crippen LogP contribution in [0.5, 0.6) is 0 Å². The molecule has 0 N–H and O–H groups in total. The van der Waals surface area contributed by atoms with Crippen molar-refractivity contribution in [1.29, 1.82) is 0 Å². The molecule has 0 atom stereocenters. The highest BCUT2D eigenvalue weighted by Gasteiger charge is 2.42. The molecule has 0 bridgehead atoms. The fraction of sp³-hybridized carbons (Fsp3) is 0.273. The Morgan fingerprint density at radius 2 is 1.69 bits per heavy atom. The van der Waals surface area contributed by atoms with Crippen molar-refractivity contribution in [3.8, 4) is 12.3 Å². The van der Waals surface area contributed by atoms with E-state index in [0.29, 0.717) is 5.56 Å². The predicted octanol–water partition coefficient (Wildman–Crippen LogP) is 2.63. The number of rotatable bonds is 1. The van der Waals surface area contributed by atoms with E-state index in [1.54, 1.807) is 0 Å². The van der Waals surface area contributed by atoms with Crippen LogP contribution in [0.4, 0.5) is 8.78 Å². The standard InChI is InChI=1S/C11H8F2/c1-2-11(3-4-11)8-5-9(12)7-10(13)6-8/h1,5-7H,3-4H2. The Bertz CT molecular complexity index is 363. The lowest BCUT2D eigenvalue weighted by atomic mass is 9.97. The first-order chi connectivity index (χ1) is 6.16. The van der Waals surface area contributed by atoms with Gasteiger partial charge in [-0.2, -0.15) is 0 Å². The maximum atomic E-state index is 12.8. The zero-order chi connectivity index (χ0) is 9.47. The molecular weight excluding hydrogens is 170 g/mol. The minimum Gasteiger partial charge on any atom is -0.207 e.